The first kappa shape index (κ1) is 28.9. The summed E-state index contributed by atoms with van der Waals surface area (Å²) in [5, 5.41) is 12.0. The Morgan fingerprint density at radius 2 is 1.82 bits per heavy atom. The molecule has 6 heterocycles. The third-order valence-electron chi connectivity index (χ3n) is 8.19. The molecule has 1 aliphatic rings. The Balaban J connectivity index is 1.17. The number of pyridine rings is 3. The zero-order chi connectivity index (χ0) is 30.8. The first-order chi connectivity index (χ1) is 22.0. The summed E-state index contributed by atoms with van der Waals surface area (Å²) in [6, 6.07) is 12.9. The minimum absolute atomic E-state index is 0.307. The number of likely N-dealkylation sites (tertiary alicyclic amines) is 1. The lowest BCUT2D eigenvalue weighted by molar-refractivity contribution is 0.237. The maximum atomic E-state index is 14.7. The van der Waals surface area contributed by atoms with Crippen LogP contribution in [0.25, 0.3) is 55.7 Å². The van der Waals surface area contributed by atoms with Crippen molar-refractivity contribution in [2.24, 2.45) is 0 Å². The maximum Gasteiger partial charge on any atom is 0.138 e. The Kier molecular flexibility index (Phi) is 8.10. The quantitative estimate of drug-likeness (QED) is 0.170. The highest BCUT2D eigenvalue weighted by molar-refractivity contribution is 6.00. The predicted molar refractivity (Wildman–Crippen MR) is 176 cm³/mol. The summed E-state index contributed by atoms with van der Waals surface area (Å²) in [5.41, 5.74) is 7.77. The molecule has 1 aromatic carbocycles. The number of nitrogens with zero attached hydrogens (tertiary/aromatic N) is 6. The summed E-state index contributed by atoms with van der Waals surface area (Å²) in [4.78, 5) is 21.8. The van der Waals surface area contributed by atoms with Gasteiger partial charge in [0.1, 0.15) is 29.4 Å². The molecule has 1 fully saturated rings. The average molecular weight is 606 g/mol. The molecule has 7 rings (SSSR count). The molecule has 10 nitrogen and oxygen atoms in total. The fourth-order valence-corrected chi connectivity index (χ4v) is 5.86. The summed E-state index contributed by atoms with van der Waals surface area (Å²) >= 11 is 0. The lowest BCUT2D eigenvalue weighted by atomic mass is 10.0. The Morgan fingerprint density at radius 3 is 2.69 bits per heavy atom. The number of nitrogens with one attached hydrogen (secondary N) is 3. The standard InChI is InChI=1S/C34H36FN9O/c1-43(2)10-7-38-25-14-22(13-24(35)16-25)28-20-37-21-32-27(28)17-31(39-32)34-33-30(41-42-34)6-5-29(40-33)23-15-26(19-36-18-23)45-12-11-44-8-3-4-9-44/h5-6,13-21,38-39H,3-4,7-12H2,1-2H3,(H,41,42). The molecule has 0 bridgehead atoms. The van der Waals surface area contributed by atoms with Gasteiger partial charge in [-0.15, -0.1) is 0 Å². The number of likely N-dealkylation sites (N-methyl/N-ethyl adjacent to an activating group) is 1. The van der Waals surface area contributed by atoms with Crippen molar-refractivity contribution in [3.05, 3.63) is 73.1 Å². The van der Waals surface area contributed by atoms with E-state index < -0.39 is 0 Å². The van der Waals surface area contributed by atoms with Crippen LogP contribution in [0, 0.1) is 5.82 Å². The van der Waals surface area contributed by atoms with Gasteiger partial charge >= 0.3 is 0 Å². The highest BCUT2D eigenvalue weighted by Gasteiger charge is 2.17. The molecule has 45 heavy (non-hydrogen) atoms. The number of aromatic nitrogens is 6. The number of ether oxygens (including phenoxy) is 1. The van der Waals surface area contributed by atoms with Crippen LogP contribution >= 0.6 is 0 Å². The molecule has 0 radical (unpaired) electrons. The van der Waals surface area contributed by atoms with Crippen molar-refractivity contribution >= 4 is 27.6 Å². The van der Waals surface area contributed by atoms with Gasteiger partial charge in [-0.3, -0.25) is 20.0 Å². The molecule has 0 aliphatic carbocycles. The number of rotatable bonds is 11. The lowest BCUT2D eigenvalue weighted by Crippen LogP contribution is -2.25. The highest BCUT2D eigenvalue weighted by Crippen LogP contribution is 2.35. The van der Waals surface area contributed by atoms with Gasteiger partial charge in [0.2, 0.25) is 0 Å². The van der Waals surface area contributed by atoms with Crippen LogP contribution in [0.5, 0.6) is 5.75 Å². The normalized spacial score (nSPS) is 13.8. The van der Waals surface area contributed by atoms with Gasteiger partial charge in [0.15, 0.2) is 0 Å². The zero-order valence-corrected chi connectivity index (χ0v) is 25.5. The molecule has 11 heteroatoms. The monoisotopic (exact) mass is 605 g/mol. The van der Waals surface area contributed by atoms with E-state index in [1.165, 1.54) is 25.0 Å². The molecule has 230 valence electrons. The number of benzene rings is 1. The van der Waals surface area contributed by atoms with Gasteiger partial charge in [0, 0.05) is 54.2 Å². The van der Waals surface area contributed by atoms with E-state index in [1.54, 1.807) is 24.8 Å². The van der Waals surface area contributed by atoms with Gasteiger partial charge in [-0.05, 0) is 88.1 Å². The molecular formula is C34H36FN9O. The molecule has 3 N–H and O–H groups in total. The van der Waals surface area contributed by atoms with Gasteiger partial charge in [0.05, 0.1) is 34.8 Å². The SMILES string of the molecule is CN(C)CCNc1cc(F)cc(-c2cncc3[nH]c(-c4n[nH]c5ccc(-c6cncc(OCCN7CCCC7)c6)nc45)cc23)c1. The van der Waals surface area contributed by atoms with Crippen molar-refractivity contribution in [1.29, 1.82) is 0 Å². The minimum atomic E-state index is -0.307. The van der Waals surface area contributed by atoms with Crippen molar-refractivity contribution in [3.8, 4) is 39.5 Å². The molecule has 1 aliphatic heterocycles. The van der Waals surface area contributed by atoms with E-state index in [0.717, 1.165) is 87.6 Å². The van der Waals surface area contributed by atoms with E-state index in [0.29, 0.717) is 18.8 Å². The average Bonchev–Trinajstić information content (AvgIpc) is 3.80. The van der Waals surface area contributed by atoms with Crippen LogP contribution < -0.4 is 10.1 Å². The Hall–Kier alpha value is -4.87. The molecule has 0 amide bonds. The van der Waals surface area contributed by atoms with Crippen LogP contribution in [-0.4, -0.2) is 93.4 Å². The number of aromatic amines is 2. The fourth-order valence-electron chi connectivity index (χ4n) is 5.86. The largest absolute Gasteiger partial charge is 0.491 e. The second-order valence-electron chi connectivity index (χ2n) is 11.8. The van der Waals surface area contributed by atoms with E-state index in [1.807, 2.05) is 44.4 Å². The van der Waals surface area contributed by atoms with Crippen LogP contribution in [-0.2, 0) is 0 Å². The van der Waals surface area contributed by atoms with Crippen molar-refractivity contribution in [1.82, 2.24) is 39.9 Å². The molecule has 0 saturated carbocycles. The lowest BCUT2D eigenvalue weighted by Gasteiger charge is -2.15. The third kappa shape index (κ3) is 6.36. The number of hydrogen-bond donors (Lipinski definition) is 3. The van der Waals surface area contributed by atoms with Crippen molar-refractivity contribution in [2.75, 3.05) is 58.7 Å². The van der Waals surface area contributed by atoms with Crippen LogP contribution in [0.3, 0.4) is 0 Å². The van der Waals surface area contributed by atoms with Gasteiger partial charge in [-0.2, -0.15) is 5.10 Å². The molecule has 6 aromatic rings. The molecule has 0 atom stereocenters. The Labute approximate surface area is 260 Å². The van der Waals surface area contributed by atoms with Gasteiger partial charge in [0.25, 0.3) is 0 Å². The second kappa shape index (κ2) is 12.6. The summed E-state index contributed by atoms with van der Waals surface area (Å²) in [5.74, 6) is 0.420. The van der Waals surface area contributed by atoms with E-state index in [9.17, 15) is 4.39 Å². The first-order valence-corrected chi connectivity index (χ1v) is 15.3. The van der Waals surface area contributed by atoms with E-state index in [4.69, 9.17) is 9.72 Å². The van der Waals surface area contributed by atoms with Crippen molar-refractivity contribution in [2.45, 2.75) is 12.8 Å². The summed E-state index contributed by atoms with van der Waals surface area (Å²) in [7, 11) is 4.02. The zero-order valence-electron chi connectivity index (χ0n) is 25.5. The van der Waals surface area contributed by atoms with Gasteiger partial charge in [-0.25, -0.2) is 9.37 Å². The minimum Gasteiger partial charge on any atom is -0.491 e. The summed E-state index contributed by atoms with van der Waals surface area (Å²) < 4.78 is 20.7. The number of halogens is 1. The van der Waals surface area contributed by atoms with Gasteiger partial charge < -0.3 is 19.9 Å². The van der Waals surface area contributed by atoms with Gasteiger partial charge in [-0.1, -0.05) is 0 Å². The van der Waals surface area contributed by atoms with Crippen LogP contribution in [0.1, 0.15) is 12.8 Å². The molecule has 1 saturated heterocycles. The molecule has 0 spiro atoms. The van der Waals surface area contributed by atoms with Crippen LogP contribution in [0.4, 0.5) is 10.1 Å². The smallest absolute Gasteiger partial charge is 0.138 e. The fraction of sp³-hybridized carbons (Fsp3) is 0.294. The maximum absolute atomic E-state index is 14.7. The number of H-pyrrole nitrogens is 2. The third-order valence-corrected chi connectivity index (χ3v) is 8.19. The molecular weight excluding hydrogens is 569 g/mol. The number of fused-ring (bicyclic) bond motifs is 2. The molecule has 0 unspecified atom stereocenters. The van der Waals surface area contributed by atoms with Crippen molar-refractivity contribution in [3.63, 3.8) is 0 Å². The summed E-state index contributed by atoms with van der Waals surface area (Å²) in [6.45, 7) is 5.39. The van der Waals surface area contributed by atoms with E-state index >= 15 is 0 Å². The Morgan fingerprint density at radius 1 is 0.956 bits per heavy atom. The number of anilines is 1. The van der Waals surface area contributed by atoms with Crippen LogP contribution in [0.2, 0.25) is 0 Å². The summed E-state index contributed by atoms with van der Waals surface area (Å²) in [6.07, 6.45) is 9.61. The molecule has 5 aromatic heterocycles. The van der Waals surface area contributed by atoms with E-state index in [2.05, 4.69) is 40.3 Å². The first-order valence-electron chi connectivity index (χ1n) is 15.3. The topological polar surface area (TPSA) is 111 Å². The highest BCUT2D eigenvalue weighted by atomic mass is 19.1. The van der Waals surface area contributed by atoms with Crippen molar-refractivity contribution < 1.29 is 9.13 Å². The predicted octanol–water partition coefficient (Wildman–Crippen LogP) is 5.82. The second-order valence-corrected chi connectivity index (χ2v) is 11.8. The Bertz CT molecular complexity index is 1940. The number of hydrogen-bond acceptors (Lipinski definition) is 8. The van der Waals surface area contributed by atoms with Crippen LogP contribution in [0.15, 0.2) is 67.3 Å². The van der Waals surface area contributed by atoms with E-state index in [-0.39, 0.29) is 5.82 Å².